The van der Waals surface area contributed by atoms with Crippen molar-refractivity contribution in [2.24, 2.45) is 0 Å². The second kappa shape index (κ2) is 7.34. The topological polar surface area (TPSA) is 129 Å². The Morgan fingerprint density at radius 3 is 1.86 bits per heavy atom. The molecule has 0 amide bonds. The van der Waals surface area contributed by atoms with Gasteiger partial charge in [0, 0.05) is 20.8 Å². The molecule has 1 heterocycles. The SMILES string of the molecule is CC(=O)O[C@H]1O[C@H](CO)[C@@H](O)[C@H](OC(C)=O)[C@@H]1OC(C)=O. The Hall–Kier alpha value is -1.71. The van der Waals surface area contributed by atoms with Gasteiger partial charge in [-0.15, -0.1) is 0 Å². The second-order valence-corrected chi connectivity index (χ2v) is 4.47. The lowest BCUT2D eigenvalue weighted by molar-refractivity contribution is -0.297. The minimum Gasteiger partial charge on any atom is -0.455 e. The zero-order valence-electron chi connectivity index (χ0n) is 11.8. The number of aliphatic hydroxyl groups is 2. The molecule has 1 fully saturated rings. The van der Waals surface area contributed by atoms with Gasteiger partial charge in [-0.25, -0.2) is 0 Å². The van der Waals surface area contributed by atoms with Crippen molar-refractivity contribution in [3.05, 3.63) is 0 Å². The number of rotatable bonds is 4. The Morgan fingerprint density at radius 1 is 0.952 bits per heavy atom. The molecule has 0 aliphatic carbocycles. The highest BCUT2D eigenvalue weighted by Gasteiger charge is 2.50. The number of carbonyl (C=O) groups excluding carboxylic acids is 3. The average Bonchev–Trinajstić information content (AvgIpc) is 2.35. The van der Waals surface area contributed by atoms with Crippen LogP contribution < -0.4 is 0 Å². The van der Waals surface area contributed by atoms with E-state index < -0.39 is 55.2 Å². The lowest BCUT2D eigenvalue weighted by Crippen LogP contribution is -2.61. The molecule has 21 heavy (non-hydrogen) atoms. The standard InChI is InChI=1S/C12H18O9/c1-5(14)18-10-9(17)8(4-13)21-12(20-7(3)16)11(10)19-6(2)15/h8-13,17H,4H2,1-3H3/t8-,9-,10+,11+,12+/m1/s1. The molecule has 9 nitrogen and oxygen atoms in total. The van der Waals surface area contributed by atoms with Gasteiger partial charge in [-0.05, 0) is 0 Å². The van der Waals surface area contributed by atoms with Gasteiger partial charge < -0.3 is 29.2 Å². The van der Waals surface area contributed by atoms with E-state index in [1.54, 1.807) is 0 Å². The molecular weight excluding hydrogens is 288 g/mol. The van der Waals surface area contributed by atoms with E-state index in [-0.39, 0.29) is 0 Å². The first-order chi connectivity index (χ1) is 9.76. The van der Waals surface area contributed by atoms with Gasteiger partial charge in [0.1, 0.15) is 12.2 Å². The van der Waals surface area contributed by atoms with Crippen LogP contribution in [0.2, 0.25) is 0 Å². The highest BCUT2D eigenvalue weighted by Crippen LogP contribution is 2.27. The Bertz CT molecular complexity index is 408. The van der Waals surface area contributed by atoms with Crippen LogP contribution >= 0.6 is 0 Å². The molecule has 0 aromatic rings. The largest absolute Gasteiger partial charge is 0.455 e. The molecule has 1 aliphatic heterocycles. The summed E-state index contributed by atoms with van der Waals surface area (Å²) >= 11 is 0. The molecule has 120 valence electrons. The lowest BCUT2D eigenvalue weighted by Gasteiger charge is -2.41. The third-order valence-electron chi connectivity index (χ3n) is 2.68. The minimum absolute atomic E-state index is 0.608. The molecule has 1 rings (SSSR count). The molecule has 5 atom stereocenters. The molecule has 0 saturated carbocycles. The number of aliphatic hydroxyl groups excluding tert-OH is 2. The normalized spacial score (nSPS) is 32.1. The maximum atomic E-state index is 11.1. The summed E-state index contributed by atoms with van der Waals surface area (Å²) in [7, 11) is 0. The van der Waals surface area contributed by atoms with Gasteiger partial charge in [0.05, 0.1) is 6.61 Å². The van der Waals surface area contributed by atoms with Crippen LogP contribution in [0.3, 0.4) is 0 Å². The summed E-state index contributed by atoms with van der Waals surface area (Å²) in [6, 6.07) is 0. The quantitative estimate of drug-likeness (QED) is 0.470. The molecule has 9 heteroatoms. The Labute approximate surface area is 120 Å². The summed E-state index contributed by atoms with van der Waals surface area (Å²) in [5.74, 6) is -2.21. The van der Waals surface area contributed by atoms with Gasteiger partial charge >= 0.3 is 17.9 Å². The molecule has 0 aromatic carbocycles. The number of hydrogen-bond donors (Lipinski definition) is 2. The fourth-order valence-corrected chi connectivity index (χ4v) is 1.94. The Kier molecular flexibility index (Phi) is 6.06. The zero-order chi connectivity index (χ0) is 16.2. The van der Waals surface area contributed by atoms with Gasteiger partial charge in [0.2, 0.25) is 12.4 Å². The first-order valence-electron chi connectivity index (χ1n) is 6.22. The summed E-state index contributed by atoms with van der Waals surface area (Å²) < 4.78 is 19.9. The third-order valence-corrected chi connectivity index (χ3v) is 2.68. The van der Waals surface area contributed by atoms with Crippen LogP contribution in [0.1, 0.15) is 20.8 Å². The zero-order valence-corrected chi connectivity index (χ0v) is 11.8. The maximum Gasteiger partial charge on any atom is 0.305 e. The molecule has 0 unspecified atom stereocenters. The van der Waals surface area contributed by atoms with Crippen molar-refractivity contribution in [1.82, 2.24) is 0 Å². The van der Waals surface area contributed by atoms with Gasteiger partial charge in [0.25, 0.3) is 0 Å². The van der Waals surface area contributed by atoms with Crippen molar-refractivity contribution in [1.29, 1.82) is 0 Å². The molecular formula is C12H18O9. The number of esters is 3. The predicted octanol–water partition coefficient (Wildman–Crippen LogP) is -1.51. The van der Waals surface area contributed by atoms with E-state index in [1.807, 2.05) is 0 Å². The van der Waals surface area contributed by atoms with Crippen molar-refractivity contribution >= 4 is 17.9 Å². The van der Waals surface area contributed by atoms with E-state index in [0.29, 0.717) is 0 Å². The molecule has 2 N–H and O–H groups in total. The van der Waals surface area contributed by atoms with Crippen LogP contribution in [-0.2, 0) is 33.3 Å². The predicted molar refractivity (Wildman–Crippen MR) is 64.6 cm³/mol. The third kappa shape index (κ3) is 4.66. The van der Waals surface area contributed by atoms with Crippen molar-refractivity contribution in [2.45, 2.75) is 51.5 Å². The number of hydrogen-bond acceptors (Lipinski definition) is 9. The molecule has 0 radical (unpaired) electrons. The highest BCUT2D eigenvalue weighted by molar-refractivity contribution is 5.68. The summed E-state index contributed by atoms with van der Waals surface area (Å²) in [6.07, 6.45) is -6.69. The van der Waals surface area contributed by atoms with Crippen LogP contribution in [-0.4, -0.2) is 65.4 Å². The Balaban J connectivity index is 3.05. The van der Waals surface area contributed by atoms with Crippen LogP contribution in [0.5, 0.6) is 0 Å². The van der Waals surface area contributed by atoms with Crippen molar-refractivity contribution in [3.8, 4) is 0 Å². The van der Waals surface area contributed by atoms with Crippen LogP contribution in [0.25, 0.3) is 0 Å². The number of carbonyl (C=O) groups is 3. The van der Waals surface area contributed by atoms with E-state index in [0.717, 1.165) is 20.8 Å². The fraction of sp³-hybridized carbons (Fsp3) is 0.750. The van der Waals surface area contributed by atoms with Crippen LogP contribution in [0, 0.1) is 0 Å². The van der Waals surface area contributed by atoms with E-state index in [4.69, 9.17) is 24.1 Å². The first-order valence-corrected chi connectivity index (χ1v) is 6.22. The molecule has 0 aromatic heterocycles. The Morgan fingerprint density at radius 2 is 1.43 bits per heavy atom. The van der Waals surface area contributed by atoms with Gasteiger partial charge in [0.15, 0.2) is 6.10 Å². The lowest BCUT2D eigenvalue weighted by atomic mass is 9.98. The van der Waals surface area contributed by atoms with Gasteiger partial charge in [-0.1, -0.05) is 0 Å². The molecule has 0 spiro atoms. The highest BCUT2D eigenvalue weighted by atomic mass is 16.7. The molecule has 1 saturated heterocycles. The summed E-state index contributed by atoms with van der Waals surface area (Å²) in [5.41, 5.74) is 0. The number of ether oxygens (including phenoxy) is 4. The van der Waals surface area contributed by atoms with E-state index in [9.17, 15) is 19.5 Å². The van der Waals surface area contributed by atoms with Crippen molar-refractivity contribution in [3.63, 3.8) is 0 Å². The average molecular weight is 306 g/mol. The first kappa shape index (κ1) is 17.3. The van der Waals surface area contributed by atoms with Gasteiger partial charge in [-0.2, -0.15) is 0 Å². The second-order valence-electron chi connectivity index (χ2n) is 4.47. The summed E-state index contributed by atoms with van der Waals surface area (Å²) in [5, 5.41) is 19.2. The monoisotopic (exact) mass is 306 g/mol. The van der Waals surface area contributed by atoms with E-state index in [2.05, 4.69) is 0 Å². The fourth-order valence-electron chi connectivity index (χ4n) is 1.94. The van der Waals surface area contributed by atoms with Crippen molar-refractivity contribution in [2.75, 3.05) is 6.61 Å². The van der Waals surface area contributed by atoms with Gasteiger partial charge in [-0.3, -0.25) is 14.4 Å². The smallest absolute Gasteiger partial charge is 0.305 e. The van der Waals surface area contributed by atoms with E-state index in [1.165, 1.54) is 0 Å². The maximum absolute atomic E-state index is 11.1. The summed E-state index contributed by atoms with van der Waals surface area (Å²) in [6.45, 7) is 2.69. The molecule has 1 aliphatic rings. The van der Waals surface area contributed by atoms with Crippen LogP contribution in [0.4, 0.5) is 0 Å². The minimum atomic E-state index is -1.45. The van der Waals surface area contributed by atoms with Crippen LogP contribution in [0.15, 0.2) is 0 Å². The summed E-state index contributed by atoms with van der Waals surface area (Å²) in [4.78, 5) is 33.3. The van der Waals surface area contributed by atoms with E-state index >= 15 is 0 Å². The van der Waals surface area contributed by atoms with Crippen molar-refractivity contribution < 1.29 is 43.5 Å². The molecule has 0 bridgehead atoms.